The van der Waals surface area contributed by atoms with Crippen LogP contribution >= 0.6 is 0 Å². The minimum absolute atomic E-state index is 0.00448. The molecule has 0 radical (unpaired) electrons. The van der Waals surface area contributed by atoms with E-state index in [4.69, 9.17) is 9.72 Å². The van der Waals surface area contributed by atoms with Gasteiger partial charge in [-0.25, -0.2) is 4.98 Å². The molecule has 0 spiro atoms. The lowest BCUT2D eigenvalue weighted by atomic mass is 9.89. The Bertz CT molecular complexity index is 1020. The SMILES string of the molecule is O=C(Nc1nc(N2CCOCC2)c2ncn(CCc3nn[nH]n3)c2n1)C1CCCCC1. The molecule has 0 aromatic carbocycles. The van der Waals surface area contributed by atoms with E-state index in [-0.39, 0.29) is 11.8 Å². The number of aromatic nitrogens is 8. The number of carbonyl (C=O) groups excluding carboxylic acids is 1. The van der Waals surface area contributed by atoms with E-state index in [2.05, 4.69) is 40.8 Å². The normalized spacial score (nSPS) is 17.9. The maximum Gasteiger partial charge on any atom is 0.233 e. The van der Waals surface area contributed by atoms with Gasteiger partial charge in [0.25, 0.3) is 0 Å². The molecule has 4 heterocycles. The summed E-state index contributed by atoms with van der Waals surface area (Å²) in [5.41, 5.74) is 1.39. The lowest BCUT2D eigenvalue weighted by Gasteiger charge is -2.28. The quantitative estimate of drug-likeness (QED) is 0.589. The Labute approximate surface area is 178 Å². The molecule has 3 aromatic heterocycles. The predicted octanol–water partition coefficient (Wildman–Crippen LogP) is 0.937. The highest BCUT2D eigenvalue weighted by Gasteiger charge is 2.24. The number of anilines is 2. The molecule has 1 saturated carbocycles. The van der Waals surface area contributed by atoms with Gasteiger partial charge in [0.15, 0.2) is 22.8 Å². The third-order valence-electron chi connectivity index (χ3n) is 5.93. The summed E-state index contributed by atoms with van der Waals surface area (Å²) in [6.45, 7) is 3.29. The lowest BCUT2D eigenvalue weighted by molar-refractivity contribution is -0.120. The first-order valence-corrected chi connectivity index (χ1v) is 10.9. The van der Waals surface area contributed by atoms with Crippen molar-refractivity contribution in [1.29, 1.82) is 0 Å². The smallest absolute Gasteiger partial charge is 0.233 e. The van der Waals surface area contributed by atoms with Gasteiger partial charge in [-0.3, -0.25) is 10.1 Å². The Morgan fingerprint density at radius 1 is 1.19 bits per heavy atom. The van der Waals surface area contributed by atoms with E-state index in [1.54, 1.807) is 6.33 Å². The van der Waals surface area contributed by atoms with Crippen LogP contribution in [0.4, 0.5) is 11.8 Å². The molecular formula is C19H26N10O2. The van der Waals surface area contributed by atoms with E-state index in [0.717, 1.165) is 44.6 Å². The molecule has 3 aromatic rings. The number of carbonyl (C=O) groups is 1. The molecule has 12 nitrogen and oxygen atoms in total. The standard InChI is InChI=1S/C19H26N10O2/c30-18(13-4-2-1-3-5-13)23-19-21-16(28-8-10-31-11-9-28)15-17(22-19)29(12-20-15)7-6-14-24-26-27-25-14/h12-13H,1-11H2,(H,21,22,23,30)(H,24,25,26,27). The number of tetrazole rings is 1. The number of fused-ring (bicyclic) bond motifs is 1. The van der Waals surface area contributed by atoms with Crippen molar-refractivity contribution in [1.82, 2.24) is 40.1 Å². The highest BCUT2D eigenvalue weighted by molar-refractivity contribution is 5.93. The zero-order valence-corrected chi connectivity index (χ0v) is 17.3. The van der Waals surface area contributed by atoms with Crippen LogP contribution in [0, 0.1) is 5.92 Å². The average Bonchev–Trinajstić information content (AvgIpc) is 3.48. The first kappa shape index (κ1) is 19.8. The van der Waals surface area contributed by atoms with Gasteiger partial charge in [0.05, 0.1) is 19.5 Å². The average molecular weight is 426 g/mol. The Kier molecular flexibility index (Phi) is 5.69. The van der Waals surface area contributed by atoms with E-state index in [0.29, 0.717) is 49.1 Å². The summed E-state index contributed by atoms with van der Waals surface area (Å²) in [7, 11) is 0. The molecule has 1 aliphatic heterocycles. The van der Waals surface area contributed by atoms with E-state index >= 15 is 0 Å². The van der Waals surface area contributed by atoms with Crippen molar-refractivity contribution in [3.8, 4) is 0 Å². The number of morpholine rings is 1. The fraction of sp³-hybridized carbons (Fsp3) is 0.632. The number of nitrogens with one attached hydrogen (secondary N) is 2. The zero-order chi connectivity index (χ0) is 21.0. The number of H-pyrrole nitrogens is 1. The number of hydrogen-bond donors (Lipinski definition) is 2. The van der Waals surface area contributed by atoms with Crippen LogP contribution in [0.2, 0.25) is 0 Å². The number of hydrogen-bond acceptors (Lipinski definition) is 9. The molecule has 0 unspecified atom stereocenters. The van der Waals surface area contributed by atoms with Gasteiger partial charge in [0.2, 0.25) is 11.9 Å². The Morgan fingerprint density at radius 3 is 2.81 bits per heavy atom. The van der Waals surface area contributed by atoms with Gasteiger partial charge in [-0.05, 0) is 12.8 Å². The molecular weight excluding hydrogens is 400 g/mol. The van der Waals surface area contributed by atoms with E-state index in [1.165, 1.54) is 6.42 Å². The molecule has 2 N–H and O–H groups in total. The van der Waals surface area contributed by atoms with Gasteiger partial charge >= 0.3 is 0 Å². The molecule has 2 aliphatic rings. The van der Waals surface area contributed by atoms with Gasteiger partial charge in [-0.2, -0.15) is 15.2 Å². The number of ether oxygens (including phenoxy) is 1. The largest absolute Gasteiger partial charge is 0.378 e. The third-order valence-corrected chi connectivity index (χ3v) is 5.93. The van der Waals surface area contributed by atoms with Gasteiger partial charge in [-0.15, -0.1) is 10.2 Å². The van der Waals surface area contributed by atoms with Gasteiger partial charge in [0.1, 0.15) is 0 Å². The van der Waals surface area contributed by atoms with Crippen LogP contribution < -0.4 is 10.2 Å². The summed E-state index contributed by atoms with van der Waals surface area (Å²) in [6.07, 6.45) is 7.57. The second-order valence-electron chi connectivity index (χ2n) is 7.98. The van der Waals surface area contributed by atoms with Gasteiger partial charge in [-0.1, -0.05) is 24.5 Å². The van der Waals surface area contributed by atoms with Gasteiger partial charge in [0, 0.05) is 32.0 Å². The van der Waals surface area contributed by atoms with Crippen LogP contribution in [0.5, 0.6) is 0 Å². The fourth-order valence-corrected chi connectivity index (χ4v) is 4.23. The van der Waals surface area contributed by atoms with Crippen LogP contribution in [0.3, 0.4) is 0 Å². The van der Waals surface area contributed by atoms with E-state index in [1.807, 2.05) is 4.57 Å². The van der Waals surface area contributed by atoms with E-state index < -0.39 is 0 Å². The Balaban J connectivity index is 1.45. The molecule has 1 amide bonds. The van der Waals surface area contributed by atoms with Crippen LogP contribution in [0.1, 0.15) is 37.9 Å². The fourth-order valence-electron chi connectivity index (χ4n) is 4.23. The molecule has 0 atom stereocenters. The summed E-state index contributed by atoms with van der Waals surface area (Å²) in [4.78, 5) is 28.9. The minimum atomic E-state index is 0.00448. The summed E-state index contributed by atoms with van der Waals surface area (Å²) in [6, 6.07) is 0. The molecule has 164 valence electrons. The maximum atomic E-state index is 12.8. The highest BCUT2D eigenvalue weighted by atomic mass is 16.5. The molecule has 12 heteroatoms. The Hall–Kier alpha value is -3.15. The summed E-state index contributed by atoms with van der Waals surface area (Å²) in [5, 5.41) is 17.0. The van der Waals surface area contributed by atoms with Crippen molar-refractivity contribution < 1.29 is 9.53 Å². The first-order valence-electron chi connectivity index (χ1n) is 10.9. The number of nitrogens with zero attached hydrogens (tertiary/aromatic N) is 8. The first-order chi connectivity index (χ1) is 15.3. The maximum absolute atomic E-state index is 12.8. The summed E-state index contributed by atoms with van der Waals surface area (Å²) in [5.74, 6) is 1.71. The third kappa shape index (κ3) is 4.33. The molecule has 2 fully saturated rings. The molecule has 1 aliphatic carbocycles. The minimum Gasteiger partial charge on any atom is -0.378 e. The van der Waals surface area contributed by atoms with Crippen LogP contribution in [-0.4, -0.2) is 72.4 Å². The zero-order valence-electron chi connectivity index (χ0n) is 17.3. The molecule has 5 rings (SSSR count). The Morgan fingerprint density at radius 2 is 2.03 bits per heavy atom. The second-order valence-corrected chi connectivity index (χ2v) is 7.98. The monoisotopic (exact) mass is 426 g/mol. The number of aromatic amines is 1. The number of aryl methyl sites for hydroxylation is 2. The van der Waals surface area contributed by atoms with Crippen molar-refractivity contribution in [2.45, 2.75) is 45.1 Å². The second kappa shape index (κ2) is 8.92. The number of rotatable bonds is 6. The van der Waals surface area contributed by atoms with Crippen molar-refractivity contribution in [2.24, 2.45) is 5.92 Å². The molecule has 0 bridgehead atoms. The lowest BCUT2D eigenvalue weighted by Crippen LogP contribution is -2.37. The van der Waals surface area contributed by atoms with Crippen LogP contribution in [0.25, 0.3) is 11.2 Å². The number of amides is 1. The van der Waals surface area contributed by atoms with Crippen molar-refractivity contribution in [2.75, 3.05) is 36.5 Å². The van der Waals surface area contributed by atoms with Crippen molar-refractivity contribution in [3.05, 3.63) is 12.2 Å². The van der Waals surface area contributed by atoms with Gasteiger partial charge < -0.3 is 14.2 Å². The summed E-state index contributed by atoms with van der Waals surface area (Å²) < 4.78 is 7.43. The van der Waals surface area contributed by atoms with Crippen LogP contribution in [-0.2, 0) is 22.5 Å². The van der Waals surface area contributed by atoms with E-state index in [9.17, 15) is 4.79 Å². The molecule has 31 heavy (non-hydrogen) atoms. The van der Waals surface area contributed by atoms with Crippen LogP contribution in [0.15, 0.2) is 6.33 Å². The number of imidazole rings is 1. The topological polar surface area (TPSA) is 140 Å². The van der Waals surface area contributed by atoms with Crippen molar-refractivity contribution >= 4 is 28.8 Å². The predicted molar refractivity (Wildman–Crippen MR) is 111 cm³/mol. The van der Waals surface area contributed by atoms with Crippen molar-refractivity contribution in [3.63, 3.8) is 0 Å². The summed E-state index contributed by atoms with van der Waals surface area (Å²) >= 11 is 0. The highest BCUT2D eigenvalue weighted by Crippen LogP contribution is 2.27. The molecule has 1 saturated heterocycles.